The van der Waals surface area contributed by atoms with Crippen molar-refractivity contribution < 1.29 is 0 Å². The highest BCUT2D eigenvalue weighted by atomic mass is 35.5. The van der Waals surface area contributed by atoms with Crippen LogP contribution in [0.5, 0.6) is 0 Å². The molecular formula is C16H20ClN3S. The van der Waals surface area contributed by atoms with Crippen molar-refractivity contribution in [2.24, 2.45) is 0 Å². The fourth-order valence-electron chi connectivity index (χ4n) is 1.67. The standard InChI is InChI=1S/C16H20ClN3S/c1-16(2,3)19-10-12-8-9-18-15(20-12)11-21-14-7-5-4-6-13(14)17/h4-9,19H,10-11H2,1-3H3. The van der Waals surface area contributed by atoms with Gasteiger partial charge in [0.2, 0.25) is 0 Å². The van der Waals surface area contributed by atoms with Gasteiger partial charge in [0.15, 0.2) is 0 Å². The van der Waals surface area contributed by atoms with Gasteiger partial charge in [-0.25, -0.2) is 9.97 Å². The number of nitrogens with one attached hydrogen (secondary N) is 1. The zero-order chi connectivity index (χ0) is 15.3. The molecule has 112 valence electrons. The second kappa shape index (κ2) is 7.25. The van der Waals surface area contributed by atoms with Crippen molar-refractivity contribution in [3.63, 3.8) is 0 Å². The summed E-state index contributed by atoms with van der Waals surface area (Å²) in [7, 11) is 0. The third-order valence-electron chi connectivity index (χ3n) is 2.76. The van der Waals surface area contributed by atoms with E-state index >= 15 is 0 Å². The van der Waals surface area contributed by atoms with Crippen molar-refractivity contribution in [3.8, 4) is 0 Å². The molecule has 1 N–H and O–H groups in total. The summed E-state index contributed by atoms with van der Waals surface area (Å²) in [5, 5.41) is 4.20. The maximum Gasteiger partial charge on any atom is 0.138 e. The SMILES string of the molecule is CC(C)(C)NCc1ccnc(CSc2ccccc2Cl)n1. The molecular weight excluding hydrogens is 302 g/mol. The Morgan fingerprint density at radius 2 is 1.95 bits per heavy atom. The zero-order valence-corrected chi connectivity index (χ0v) is 14.1. The predicted molar refractivity (Wildman–Crippen MR) is 89.6 cm³/mol. The van der Waals surface area contributed by atoms with Gasteiger partial charge in [-0.05, 0) is 39.0 Å². The molecule has 0 amide bonds. The van der Waals surface area contributed by atoms with Crippen molar-refractivity contribution in [3.05, 3.63) is 53.1 Å². The van der Waals surface area contributed by atoms with Gasteiger partial charge in [-0.1, -0.05) is 23.7 Å². The minimum atomic E-state index is 0.0808. The highest BCUT2D eigenvalue weighted by molar-refractivity contribution is 7.98. The first-order valence-electron chi connectivity index (χ1n) is 6.87. The fourth-order valence-corrected chi connectivity index (χ4v) is 2.77. The number of rotatable bonds is 5. The first kappa shape index (κ1) is 16.3. The topological polar surface area (TPSA) is 37.8 Å². The van der Waals surface area contributed by atoms with E-state index in [1.54, 1.807) is 11.8 Å². The highest BCUT2D eigenvalue weighted by Gasteiger charge is 2.09. The lowest BCUT2D eigenvalue weighted by atomic mass is 10.1. The third kappa shape index (κ3) is 5.65. The normalized spacial score (nSPS) is 11.6. The highest BCUT2D eigenvalue weighted by Crippen LogP contribution is 2.28. The molecule has 5 heteroatoms. The number of halogens is 1. The van der Waals surface area contributed by atoms with Gasteiger partial charge in [-0.3, -0.25) is 0 Å². The van der Waals surface area contributed by atoms with Crippen LogP contribution in [0, 0.1) is 0 Å². The molecule has 1 heterocycles. The molecule has 0 fully saturated rings. The van der Waals surface area contributed by atoms with Gasteiger partial charge in [0.25, 0.3) is 0 Å². The second-order valence-electron chi connectivity index (χ2n) is 5.79. The third-order valence-corrected chi connectivity index (χ3v) is 4.27. The monoisotopic (exact) mass is 321 g/mol. The summed E-state index contributed by atoms with van der Waals surface area (Å²) < 4.78 is 0. The van der Waals surface area contributed by atoms with Crippen LogP contribution in [0.2, 0.25) is 5.02 Å². The van der Waals surface area contributed by atoms with Gasteiger partial charge in [0, 0.05) is 23.2 Å². The van der Waals surface area contributed by atoms with E-state index in [2.05, 4.69) is 36.1 Å². The van der Waals surface area contributed by atoms with Gasteiger partial charge in [-0.2, -0.15) is 0 Å². The lowest BCUT2D eigenvalue weighted by molar-refractivity contribution is 0.421. The van der Waals surface area contributed by atoms with Crippen molar-refractivity contribution in [1.82, 2.24) is 15.3 Å². The van der Waals surface area contributed by atoms with Crippen LogP contribution in [0.4, 0.5) is 0 Å². The summed E-state index contributed by atoms with van der Waals surface area (Å²) in [4.78, 5) is 9.97. The Labute approximate surface area is 135 Å². The van der Waals surface area contributed by atoms with Crippen molar-refractivity contribution in [1.29, 1.82) is 0 Å². The minimum absolute atomic E-state index is 0.0808. The summed E-state index contributed by atoms with van der Waals surface area (Å²) in [6, 6.07) is 9.77. The van der Waals surface area contributed by atoms with E-state index in [1.807, 2.05) is 36.5 Å². The molecule has 2 aromatic rings. The molecule has 0 spiro atoms. The van der Waals surface area contributed by atoms with E-state index < -0.39 is 0 Å². The number of benzene rings is 1. The van der Waals surface area contributed by atoms with Crippen LogP contribution in [0.25, 0.3) is 0 Å². The average molecular weight is 322 g/mol. The number of nitrogens with zero attached hydrogens (tertiary/aromatic N) is 2. The average Bonchev–Trinajstić information content (AvgIpc) is 2.44. The van der Waals surface area contributed by atoms with Gasteiger partial charge in [0.05, 0.1) is 16.5 Å². The Bertz CT molecular complexity index is 596. The van der Waals surface area contributed by atoms with Crippen molar-refractivity contribution >= 4 is 23.4 Å². The summed E-state index contributed by atoms with van der Waals surface area (Å²) in [5.74, 6) is 1.54. The Kier molecular flexibility index (Phi) is 5.62. The zero-order valence-electron chi connectivity index (χ0n) is 12.6. The number of thioether (sulfide) groups is 1. The predicted octanol–water partition coefficient (Wildman–Crippen LogP) is 4.31. The van der Waals surface area contributed by atoms with E-state index in [0.717, 1.165) is 28.0 Å². The van der Waals surface area contributed by atoms with Crippen LogP contribution in [0.3, 0.4) is 0 Å². The Balaban J connectivity index is 1.96. The molecule has 0 unspecified atom stereocenters. The smallest absolute Gasteiger partial charge is 0.138 e. The van der Waals surface area contributed by atoms with Gasteiger partial charge >= 0.3 is 0 Å². The quantitative estimate of drug-likeness (QED) is 0.833. The fraction of sp³-hybridized carbons (Fsp3) is 0.375. The first-order chi connectivity index (χ1) is 9.94. The molecule has 0 bridgehead atoms. The molecule has 0 atom stereocenters. The van der Waals surface area contributed by atoms with Gasteiger partial charge < -0.3 is 5.32 Å². The van der Waals surface area contributed by atoms with Crippen molar-refractivity contribution in [2.75, 3.05) is 0 Å². The van der Waals surface area contributed by atoms with Crippen molar-refractivity contribution in [2.45, 2.75) is 43.5 Å². The molecule has 3 nitrogen and oxygen atoms in total. The number of hydrogen-bond donors (Lipinski definition) is 1. The lowest BCUT2D eigenvalue weighted by Gasteiger charge is -2.20. The molecule has 0 saturated carbocycles. The molecule has 0 aliphatic carbocycles. The largest absolute Gasteiger partial charge is 0.306 e. The first-order valence-corrected chi connectivity index (χ1v) is 8.23. The molecule has 0 aliphatic heterocycles. The second-order valence-corrected chi connectivity index (χ2v) is 7.21. The van der Waals surface area contributed by atoms with Gasteiger partial charge in [0.1, 0.15) is 5.82 Å². The molecule has 21 heavy (non-hydrogen) atoms. The summed E-state index contributed by atoms with van der Waals surface area (Å²) >= 11 is 7.81. The molecule has 2 rings (SSSR count). The van der Waals surface area contributed by atoms with E-state index in [0.29, 0.717) is 5.75 Å². The van der Waals surface area contributed by atoms with Crippen LogP contribution in [-0.4, -0.2) is 15.5 Å². The Hall–Kier alpha value is -1.10. The van der Waals surface area contributed by atoms with Crippen LogP contribution >= 0.6 is 23.4 Å². The van der Waals surface area contributed by atoms with E-state index in [9.17, 15) is 0 Å². The molecule has 0 saturated heterocycles. The lowest BCUT2D eigenvalue weighted by Crippen LogP contribution is -2.35. The van der Waals surface area contributed by atoms with Crippen LogP contribution in [0.1, 0.15) is 32.3 Å². The summed E-state index contributed by atoms with van der Waals surface area (Å²) in [5.41, 5.74) is 1.09. The van der Waals surface area contributed by atoms with E-state index in [-0.39, 0.29) is 5.54 Å². The van der Waals surface area contributed by atoms with Gasteiger partial charge in [-0.15, -0.1) is 11.8 Å². The number of aromatic nitrogens is 2. The maximum atomic E-state index is 6.15. The Morgan fingerprint density at radius 1 is 1.19 bits per heavy atom. The summed E-state index contributed by atoms with van der Waals surface area (Å²) in [6.07, 6.45) is 1.81. The molecule has 0 radical (unpaired) electrons. The van der Waals surface area contributed by atoms with E-state index in [1.165, 1.54) is 0 Å². The minimum Gasteiger partial charge on any atom is -0.306 e. The molecule has 1 aromatic heterocycles. The van der Waals surface area contributed by atoms with Crippen LogP contribution < -0.4 is 5.32 Å². The van der Waals surface area contributed by atoms with Crippen LogP contribution in [0.15, 0.2) is 41.4 Å². The van der Waals surface area contributed by atoms with E-state index in [4.69, 9.17) is 11.6 Å². The molecule has 0 aliphatic rings. The molecule has 1 aromatic carbocycles. The Morgan fingerprint density at radius 3 is 2.67 bits per heavy atom. The maximum absolute atomic E-state index is 6.15. The number of hydrogen-bond acceptors (Lipinski definition) is 4. The van der Waals surface area contributed by atoms with Crippen LogP contribution in [-0.2, 0) is 12.3 Å². The summed E-state index contributed by atoms with van der Waals surface area (Å²) in [6.45, 7) is 7.17.